The highest BCUT2D eigenvalue weighted by molar-refractivity contribution is 7.89. The van der Waals surface area contributed by atoms with Gasteiger partial charge in [0.1, 0.15) is 0 Å². The van der Waals surface area contributed by atoms with Crippen molar-refractivity contribution in [3.05, 3.63) is 29.3 Å². The summed E-state index contributed by atoms with van der Waals surface area (Å²) in [4.78, 5) is -1.66. The third-order valence-electron chi connectivity index (χ3n) is 2.67. The molecule has 20 heavy (non-hydrogen) atoms. The highest BCUT2D eigenvalue weighted by Crippen LogP contribution is 2.26. The molecule has 0 saturated heterocycles. The predicted octanol–water partition coefficient (Wildman–Crippen LogP) is 1.63. The van der Waals surface area contributed by atoms with Gasteiger partial charge in [0, 0.05) is 25.7 Å². The van der Waals surface area contributed by atoms with E-state index in [0.717, 1.165) is 7.05 Å². The van der Waals surface area contributed by atoms with Crippen LogP contribution in [0.3, 0.4) is 0 Å². The van der Waals surface area contributed by atoms with Crippen LogP contribution in [-0.4, -0.2) is 32.4 Å². The first-order valence-corrected chi connectivity index (χ1v) is 6.59. The number of likely N-dealkylation sites (N-methyl/N-ethyl adjacent to an activating group) is 1. The molecule has 0 heterocycles. The van der Waals surface area contributed by atoms with E-state index in [-0.39, 0.29) is 25.0 Å². The zero-order valence-electron chi connectivity index (χ0n) is 10.5. The number of benzene rings is 1. The van der Waals surface area contributed by atoms with Crippen molar-refractivity contribution in [2.75, 3.05) is 13.6 Å². The highest BCUT2D eigenvalue weighted by atomic mass is 35.5. The normalized spacial score (nSPS) is 13.2. The Kier molecular flexibility index (Phi) is 6.40. The Hall–Kier alpha value is -0.900. The second-order valence-corrected chi connectivity index (χ2v) is 5.84. The molecule has 0 aliphatic carbocycles. The highest BCUT2D eigenvalue weighted by Gasteiger charge is 2.34. The van der Waals surface area contributed by atoms with Gasteiger partial charge in [-0.15, -0.1) is 12.4 Å². The maximum absolute atomic E-state index is 13.4. The van der Waals surface area contributed by atoms with Crippen molar-refractivity contribution in [1.29, 1.82) is 0 Å². The Morgan fingerprint density at radius 2 is 1.60 bits per heavy atom. The minimum absolute atomic E-state index is 0. The van der Waals surface area contributed by atoms with Crippen LogP contribution >= 0.6 is 12.4 Å². The third kappa shape index (κ3) is 3.22. The van der Waals surface area contributed by atoms with Crippen LogP contribution < -0.4 is 5.73 Å². The summed E-state index contributed by atoms with van der Waals surface area (Å²) in [5.74, 6) is -7.50. The minimum Gasteiger partial charge on any atom is -0.329 e. The number of nitrogens with two attached hydrogens (primary N) is 1. The zero-order valence-corrected chi connectivity index (χ0v) is 12.2. The largest absolute Gasteiger partial charge is 0.329 e. The number of rotatable bonds is 4. The number of hydrogen-bond donors (Lipinski definition) is 1. The van der Waals surface area contributed by atoms with Gasteiger partial charge in [0.25, 0.3) is 0 Å². The summed E-state index contributed by atoms with van der Waals surface area (Å²) in [6.45, 7) is 1.25. The molecule has 116 valence electrons. The molecule has 0 saturated carbocycles. The molecule has 10 heteroatoms. The zero-order chi connectivity index (χ0) is 15.0. The lowest BCUT2D eigenvalue weighted by atomic mass is 10.3. The van der Waals surface area contributed by atoms with Gasteiger partial charge in [0.05, 0.1) is 0 Å². The topological polar surface area (TPSA) is 63.4 Å². The maximum atomic E-state index is 13.4. The third-order valence-corrected chi connectivity index (χ3v) is 4.66. The predicted molar refractivity (Wildman–Crippen MR) is 67.0 cm³/mol. The van der Waals surface area contributed by atoms with Crippen molar-refractivity contribution >= 4 is 22.4 Å². The van der Waals surface area contributed by atoms with E-state index < -0.39 is 44.2 Å². The summed E-state index contributed by atoms with van der Waals surface area (Å²) >= 11 is 0. The SMILES string of the molecule is CC(CN)N(C)S(=O)(=O)c1c(F)c(F)cc(F)c1F.Cl. The Morgan fingerprint density at radius 1 is 1.20 bits per heavy atom. The average Bonchev–Trinajstić information content (AvgIpc) is 2.34. The van der Waals surface area contributed by atoms with E-state index in [2.05, 4.69) is 0 Å². The number of halogens is 5. The van der Waals surface area contributed by atoms with Crippen LogP contribution in [-0.2, 0) is 10.0 Å². The minimum atomic E-state index is -4.73. The second-order valence-electron chi connectivity index (χ2n) is 3.90. The summed E-state index contributed by atoms with van der Waals surface area (Å²) in [5.41, 5.74) is 5.24. The number of hydrogen-bond acceptors (Lipinski definition) is 3. The smallest absolute Gasteiger partial charge is 0.249 e. The summed E-state index contributed by atoms with van der Waals surface area (Å²) in [6.07, 6.45) is 0. The molecule has 0 aliphatic rings. The van der Waals surface area contributed by atoms with Gasteiger partial charge in [0.15, 0.2) is 28.2 Å². The van der Waals surface area contributed by atoms with Gasteiger partial charge in [-0.25, -0.2) is 26.0 Å². The number of nitrogens with zero attached hydrogens (tertiary/aromatic N) is 1. The van der Waals surface area contributed by atoms with E-state index in [1.165, 1.54) is 6.92 Å². The van der Waals surface area contributed by atoms with Crippen LogP contribution in [0.25, 0.3) is 0 Å². The lowest BCUT2D eigenvalue weighted by molar-refractivity contribution is 0.375. The molecule has 1 unspecified atom stereocenters. The van der Waals surface area contributed by atoms with Crippen molar-refractivity contribution in [2.24, 2.45) is 5.73 Å². The van der Waals surface area contributed by atoms with Gasteiger partial charge in [-0.2, -0.15) is 4.31 Å². The molecule has 4 nitrogen and oxygen atoms in total. The summed E-state index contributed by atoms with van der Waals surface area (Å²) in [5, 5.41) is 0. The van der Waals surface area contributed by atoms with Gasteiger partial charge in [0.2, 0.25) is 10.0 Å². The molecule has 0 spiro atoms. The van der Waals surface area contributed by atoms with E-state index in [1.807, 2.05) is 0 Å². The molecule has 1 atom stereocenters. The lowest BCUT2D eigenvalue weighted by Gasteiger charge is -2.23. The molecule has 0 aromatic heterocycles. The molecule has 0 bridgehead atoms. The molecular formula is C10H13ClF4N2O2S. The van der Waals surface area contributed by atoms with Crippen molar-refractivity contribution in [3.8, 4) is 0 Å². The molecule has 2 N–H and O–H groups in total. The summed E-state index contributed by atoms with van der Waals surface area (Å²) in [7, 11) is -3.72. The van der Waals surface area contributed by atoms with E-state index in [1.54, 1.807) is 0 Å². The average molecular weight is 337 g/mol. The van der Waals surface area contributed by atoms with Crippen LogP contribution in [0.15, 0.2) is 11.0 Å². The summed E-state index contributed by atoms with van der Waals surface area (Å²) < 4.78 is 77.3. The first kappa shape index (κ1) is 19.1. The molecule has 0 amide bonds. The Morgan fingerprint density at radius 3 is 1.95 bits per heavy atom. The fourth-order valence-electron chi connectivity index (χ4n) is 1.31. The fourth-order valence-corrected chi connectivity index (χ4v) is 2.80. The van der Waals surface area contributed by atoms with E-state index >= 15 is 0 Å². The number of sulfonamides is 1. The lowest BCUT2D eigenvalue weighted by Crippen LogP contribution is -2.40. The van der Waals surface area contributed by atoms with Crippen molar-refractivity contribution < 1.29 is 26.0 Å². The fraction of sp³-hybridized carbons (Fsp3) is 0.400. The van der Waals surface area contributed by atoms with Crippen LogP contribution in [0.2, 0.25) is 0 Å². The molecule has 0 radical (unpaired) electrons. The first-order valence-electron chi connectivity index (χ1n) is 5.15. The van der Waals surface area contributed by atoms with E-state index in [0.29, 0.717) is 4.31 Å². The molecule has 0 aliphatic heterocycles. The van der Waals surface area contributed by atoms with E-state index in [9.17, 15) is 26.0 Å². The Bertz CT molecular complexity index is 571. The maximum Gasteiger partial charge on any atom is 0.249 e. The molecule has 1 rings (SSSR count). The van der Waals surface area contributed by atoms with E-state index in [4.69, 9.17) is 5.73 Å². The van der Waals surface area contributed by atoms with Gasteiger partial charge in [-0.1, -0.05) is 0 Å². The monoisotopic (exact) mass is 336 g/mol. The van der Waals surface area contributed by atoms with Crippen molar-refractivity contribution in [1.82, 2.24) is 4.31 Å². The van der Waals surface area contributed by atoms with Crippen LogP contribution in [0, 0.1) is 23.3 Å². The van der Waals surface area contributed by atoms with Gasteiger partial charge < -0.3 is 5.73 Å². The Labute approximate surface area is 120 Å². The van der Waals surface area contributed by atoms with Gasteiger partial charge in [-0.05, 0) is 6.92 Å². The Balaban J connectivity index is 0.00000361. The van der Waals surface area contributed by atoms with Crippen LogP contribution in [0.1, 0.15) is 6.92 Å². The van der Waals surface area contributed by atoms with Gasteiger partial charge in [-0.3, -0.25) is 0 Å². The van der Waals surface area contributed by atoms with Crippen LogP contribution in [0.4, 0.5) is 17.6 Å². The van der Waals surface area contributed by atoms with Gasteiger partial charge >= 0.3 is 0 Å². The molecule has 1 aromatic rings. The van der Waals surface area contributed by atoms with Crippen LogP contribution in [0.5, 0.6) is 0 Å². The molecule has 1 aromatic carbocycles. The summed E-state index contributed by atoms with van der Waals surface area (Å²) in [6, 6.07) is -0.856. The standard InChI is InChI=1S/C10H12F4N2O2S.ClH/c1-5(4-15)16(2)19(17,18)10-8(13)6(11)3-7(12)9(10)14;/h3,5H,4,15H2,1-2H3;1H. The molecule has 0 fully saturated rings. The quantitative estimate of drug-likeness (QED) is 0.671. The van der Waals surface area contributed by atoms with Crippen molar-refractivity contribution in [2.45, 2.75) is 17.9 Å². The second kappa shape index (κ2) is 6.70. The first-order chi connectivity index (χ1) is 8.64. The van der Waals surface area contributed by atoms with Crippen molar-refractivity contribution in [3.63, 3.8) is 0 Å². The molecular weight excluding hydrogens is 324 g/mol.